The molecule has 0 aliphatic carbocycles. The van der Waals surface area contributed by atoms with E-state index in [0.717, 1.165) is 13.0 Å². The molecule has 1 heterocycles. The van der Waals surface area contributed by atoms with Crippen LogP contribution >= 0.6 is 0 Å². The summed E-state index contributed by atoms with van der Waals surface area (Å²) in [5, 5.41) is 0. The number of rotatable bonds is 2. The number of ether oxygens (including phenoxy) is 1. The van der Waals surface area contributed by atoms with Gasteiger partial charge in [-0.15, -0.1) is 0 Å². The molecule has 3 nitrogen and oxygen atoms in total. The van der Waals surface area contributed by atoms with Gasteiger partial charge in [-0.05, 0) is 38.7 Å². The molecule has 1 saturated heterocycles. The fourth-order valence-corrected chi connectivity index (χ4v) is 3.00. The standard InChI is InChI=1S/C18H27NO2/c1-13(2)16-11-15(14-9-7-6-8-10-14)12-19(16)17(20)21-18(3,4)5/h6-10,13,15-16H,11-12H2,1-5H3/t15-,16?/m0/s1. The van der Waals surface area contributed by atoms with Gasteiger partial charge in [-0.1, -0.05) is 44.2 Å². The van der Waals surface area contributed by atoms with Crippen LogP contribution in [0.15, 0.2) is 30.3 Å². The Morgan fingerprint density at radius 1 is 1.24 bits per heavy atom. The number of hydrogen-bond acceptors (Lipinski definition) is 2. The topological polar surface area (TPSA) is 29.5 Å². The highest BCUT2D eigenvalue weighted by Gasteiger charge is 2.39. The van der Waals surface area contributed by atoms with E-state index in [0.29, 0.717) is 11.8 Å². The Hall–Kier alpha value is -1.51. The molecule has 1 fully saturated rings. The fraction of sp³-hybridized carbons (Fsp3) is 0.611. The highest BCUT2D eigenvalue weighted by Crippen LogP contribution is 2.35. The SMILES string of the molecule is CC(C)C1C[C@H](c2ccccc2)CN1C(=O)OC(C)(C)C. The Morgan fingerprint density at radius 2 is 1.86 bits per heavy atom. The third-order valence-corrected chi connectivity index (χ3v) is 4.01. The molecule has 3 heteroatoms. The molecule has 1 unspecified atom stereocenters. The van der Waals surface area contributed by atoms with Crippen LogP contribution in [0.25, 0.3) is 0 Å². The van der Waals surface area contributed by atoms with Gasteiger partial charge in [-0.25, -0.2) is 4.79 Å². The molecule has 0 bridgehead atoms. The molecule has 0 saturated carbocycles. The average Bonchev–Trinajstić information content (AvgIpc) is 2.83. The van der Waals surface area contributed by atoms with Crippen molar-refractivity contribution in [2.45, 2.75) is 58.6 Å². The summed E-state index contributed by atoms with van der Waals surface area (Å²) in [6.45, 7) is 10.9. The number of carbonyl (C=O) groups excluding carboxylic acids is 1. The van der Waals surface area contributed by atoms with Crippen LogP contribution in [-0.4, -0.2) is 29.2 Å². The number of carbonyl (C=O) groups is 1. The molecule has 2 rings (SSSR count). The molecule has 0 aromatic heterocycles. The van der Waals surface area contributed by atoms with Gasteiger partial charge in [0.15, 0.2) is 0 Å². The summed E-state index contributed by atoms with van der Waals surface area (Å²) in [4.78, 5) is 14.4. The van der Waals surface area contributed by atoms with Gasteiger partial charge in [-0.3, -0.25) is 0 Å². The lowest BCUT2D eigenvalue weighted by atomic mass is 9.93. The molecular weight excluding hydrogens is 262 g/mol. The maximum Gasteiger partial charge on any atom is 0.410 e. The summed E-state index contributed by atoms with van der Waals surface area (Å²) in [6, 6.07) is 10.7. The molecule has 0 spiro atoms. The van der Waals surface area contributed by atoms with E-state index in [-0.39, 0.29) is 12.1 Å². The van der Waals surface area contributed by atoms with Crippen molar-refractivity contribution in [3.05, 3.63) is 35.9 Å². The molecule has 1 aliphatic rings. The van der Waals surface area contributed by atoms with Crippen LogP contribution in [0, 0.1) is 5.92 Å². The number of amides is 1. The van der Waals surface area contributed by atoms with Crippen molar-refractivity contribution in [3.8, 4) is 0 Å². The fourth-order valence-electron chi connectivity index (χ4n) is 3.00. The molecule has 1 aromatic carbocycles. The molecule has 0 N–H and O–H groups in total. The van der Waals surface area contributed by atoms with Gasteiger partial charge in [0.1, 0.15) is 5.60 Å². The summed E-state index contributed by atoms with van der Waals surface area (Å²) < 4.78 is 5.57. The molecule has 2 atom stereocenters. The third-order valence-electron chi connectivity index (χ3n) is 4.01. The van der Waals surface area contributed by atoms with Crippen LogP contribution in [0.3, 0.4) is 0 Å². The van der Waals surface area contributed by atoms with Crippen LogP contribution in [0.2, 0.25) is 0 Å². The Bertz CT molecular complexity index is 476. The molecule has 1 amide bonds. The van der Waals surface area contributed by atoms with Gasteiger partial charge in [0, 0.05) is 18.5 Å². The lowest BCUT2D eigenvalue weighted by Gasteiger charge is -2.30. The zero-order valence-electron chi connectivity index (χ0n) is 13.8. The van der Waals surface area contributed by atoms with E-state index in [9.17, 15) is 4.79 Å². The van der Waals surface area contributed by atoms with Crippen LogP contribution in [0.5, 0.6) is 0 Å². The van der Waals surface area contributed by atoms with E-state index in [2.05, 4.69) is 38.1 Å². The summed E-state index contributed by atoms with van der Waals surface area (Å²) in [5.41, 5.74) is 0.873. The van der Waals surface area contributed by atoms with Crippen LogP contribution < -0.4 is 0 Å². The second-order valence-electron chi connectivity index (χ2n) is 7.29. The Morgan fingerprint density at radius 3 is 2.38 bits per heavy atom. The summed E-state index contributed by atoms with van der Waals surface area (Å²) in [5.74, 6) is 0.845. The van der Waals surface area contributed by atoms with E-state index in [4.69, 9.17) is 4.74 Å². The van der Waals surface area contributed by atoms with Crippen molar-refractivity contribution in [2.24, 2.45) is 5.92 Å². The number of likely N-dealkylation sites (tertiary alicyclic amines) is 1. The van der Waals surface area contributed by atoms with E-state index in [1.807, 2.05) is 31.7 Å². The highest BCUT2D eigenvalue weighted by atomic mass is 16.6. The first-order valence-corrected chi connectivity index (χ1v) is 7.82. The van der Waals surface area contributed by atoms with Gasteiger partial charge in [0.25, 0.3) is 0 Å². The minimum atomic E-state index is -0.441. The highest BCUT2D eigenvalue weighted by molar-refractivity contribution is 5.69. The summed E-state index contributed by atoms with van der Waals surface area (Å²) >= 11 is 0. The first-order valence-electron chi connectivity index (χ1n) is 7.82. The monoisotopic (exact) mass is 289 g/mol. The average molecular weight is 289 g/mol. The number of hydrogen-bond donors (Lipinski definition) is 0. The molecule has 1 aliphatic heterocycles. The van der Waals surface area contributed by atoms with E-state index in [1.54, 1.807) is 0 Å². The lowest BCUT2D eigenvalue weighted by Crippen LogP contribution is -2.42. The van der Waals surface area contributed by atoms with Crippen molar-refractivity contribution in [1.29, 1.82) is 0 Å². The first kappa shape index (κ1) is 15.9. The minimum absolute atomic E-state index is 0.181. The van der Waals surface area contributed by atoms with Gasteiger partial charge >= 0.3 is 6.09 Å². The normalized spacial score (nSPS) is 22.7. The van der Waals surface area contributed by atoms with Gasteiger partial charge in [0.05, 0.1) is 0 Å². The van der Waals surface area contributed by atoms with Crippen molar-refractivity contribution in [1.82, 2.24) is 4.90 Å². The summed E-state index contributed by atoms with van der Waals surface area (Å²) in [7, 11) is 0. The van der Waals surface area contributed by atoms with Gasteiger partial charge in [0.2, 0.25) is 0 Å². The predicted molar refractivity (Wildman–Crippen MR) is 85.4 cm³/mol. The van der Waals surface area contributed by atoms with Crippen molar-refractivity contribution in [3.63, 3.8) is 0 Å². The zero-order valence-corrected chi connectivity index (χ0v) is 13.8. The van der Waals surface area contributed by atoms with Crippen LogP contribution in [0.4, 0.5) is 4.79 Å². The van der Waals surface area contributed by atoms with Crippen LogP contribution in [-0.2, 0) is 4.74 Å². The lowest BCUT2D eigenvalue weighted by molar-refractivity contribution is 0.0189. The van der Waals surface area contributed by atoms with E-state index in [1.165, 1.54) is 5.56 Å². The van der Waals surface area contributed by atoms with Gasteiger partial charge < -0.3 is 9.64 Å². The van der Waals surface area contributed by atoms with Crippen molar-refractivity contribution >= 4 is 6.09 Å². The molecule has 0 radical (unpaired) electrons. The molecular formula is C18H27NO2. The Kier molecular flexibility index (Phi) is 4.60. The zero-order chi connectivity index (χ0) is 15.6. The minimum Gasteiger partial charge on any atom is -0.444 e. The van der Waals surface area contributed by atoms with Crippen molar-refractivity contribution in [2.75, 3.05) is 6.54 Å². The largest absolute Gasteiger partial charge is 0.444 e. The summed E-state index contributed by atoms with van der Waals surface area (Å²) in [6.07, 6.45) is 0.834. The molecule has 1 aromatic rings. The van der Waals surface area contributed by atoms with Crippen LogP contribution in [0.1, 0.15) is 52.5 Å². The smallest absolute Gasteiger partial charge is 0.410 e. The van der Waals surface area contributed by atoms with Crippen molar-refractivity contribution < 1.29 is 9.53 Å². The Labute approximate surface area is 128 Å². The quantitative estimate of drug-likeness (QED) is 0.805. The number of nitrogens with zero attached hydrogens (tertiary/aromatic N) is 1. The predicted octanol–water partition coefficient (Wildman–Crippen LogP) is 4.44. The van der Waals surface area contributed by atoms with E-state index >= 15 is 0 Å². The molecule has 21 heavy (non-hydrogen) atoms. The third kappa shape index (κ3) is 3.99. The maximum atomic E-state index is 12.5. The van der Waals surface area contributed by atoms with E-state index < -0.39 is 5.60 Å². The molecule has 116 valence electrons. The number of benzene rings is 1. The first-order chi connectivity index (χ1) is 9.78. The maximum absolute atomic E-state index is 12.5. The second kappa shape index (κ2) is 6.08. The Balaban J connectivity index is 2.14. The second-order valence-corrected chi connectivity index (χ2v) is 7.29. The van der Waals surface area contributed by atoms with Gasteiger partial charge in [-0.2, -0.15) is 0 Å².